The standard InChI is InChI=1S/C27H36N6O6/c1-18-15-20(8-7-19(18)17-34)33-10-9-21(29-24(33)37)28-23(36)32-13-11-31(12-14-32)22(35)16-27(5,6)30-25(38)39-26(2,3)4/h7-10,15,17H,11-14,16H2,1-6H3,(H,30,38)(H,28,29,36,37). The van der Waals surface area contributed by atoms with E-state index in [9.17, 15) is 24.0 Å². The normalized spacial score (nSPS) is 14.0. The topological polar surface area (TPSA) is 143 Å². The van der Waals surface area contributed by atoms with Crippen LogP contribution < -0.4 is 16.3 Å². The van der Waals surface area contributed by atoms with Crippen LogP contribution in [0.2, 0.25) is 0 Å². The minimum absolute atomic E-state index is 0.0794. The Morgan fingerprint density at radius 3 is 2.23 bits per heavy atom. The van der Waals surface area contributed by atoms with E-state index in [2.05, 4.69) is 15.6 Å². The molecule has 1 aliphatic heterocycles. The van der Waals surface area contributed by atoms with Gasteiger partial charge in [0.05, 0.1) is 5.69 Å². The quantitative estimate of drug-likeness (QED) is 0.536. The molecule has 0 bridgehead atoms. The minimum Gasteiger partial charge on any atom is -0.444 e. The summed E-state index contributed by atoms with van der Waals surface area (Å²) in [6.45, 7) is 11.8. The van der Waals surface area contributed by atoms with E-state index in [1.165, 1.54) is 16.8 Å². The van der Waals surface area contributed by atoms with Gasteiger partial charge in [-0.1, -0.05) is 0 Å². The number of hydrogen-bond acceptors (Lipinski definition) is 7. The summed E-state index contributed by atoms with van der Waals surface area (Å²) in [7, 11) is 0. The Balaban J connectivity index is 1.53. The highest BCUT2D eigenvalue weighted by molar-refractivity contribution is 5.88. The average molecular weight is 541 g/mol. The largest absolute Gasteiger partial charge is 0.444 e. The molecule has 210 valence electrons. The molecular weight excluding hydrogens is 504 g/mol. The van der Waals surface area contributed by atoms with E-state index in [4.69, 9.17) is 4.74 Å². The number of nitrogens with one attached hydrogen (secondary N) is 2. The van der Waals surface area contributed by atoms with Crippen molar-refractivity contribution in [2.75, 3.05) is 31.5 Å². The number of carbonyl (C=O) groups is 4. The van der Waals surface area contributed by atoms with E-state index in [-0.39, 0.29) is 18.1 Å². The molecule has 0 spiro atoms. The van der Waals surface area contributed by atoms with Gasteiger partial charge in [0.2, 0.25) is 5.91 Å². The molecule has 4 amide bonds. The first-order valence-corrected chi connectivity index (χ1v) is 12.7. The number of hydrogen-bond donors (Lipinski definition) is 2. The lowest BCUT2D eigenvalue weighted by atomic mass is 10.00. The van der Waals surface area contributed by atoms with E-state index < -0.39 is 29.0 Å². The lowest BCUT2D eigenvalue weighted by molar-refractivity contribution is -0.133. The van der Waals surface area contributed by atoms with E-state index in [0.29, 0.717) is 37.4 Å². The third kappa shape index (κ3) is 8.13. The lowest BCUT2D eigenvalue weighted by Gasteiger charge is -2.36. The van der Waals surface area contributed by atoms with Crippen LogP contribution >= 0.6 is 0 Å². The van der Waals surface area contributed by atoms with Crippen LogP contribution in [-0.4, -0.2) is 81.0 Å². The first-order valence-electron chi connectivity index (χ1n) is 12.7. The zero-order chi connectivity index (χ0) is 29.0. The Hall–Kier alpha value is -4.22. The maximum Gasteiger partial charge on any atom is 0.408 e. The van der Waals surface area contributed by atoms with E-state index >= 15 is 0 Å². The van der Waals surface area contributed by atoms with Crippen molar-refractivity contribution in [3.05, 3.63) is 52.1 Å². The second kappa shape index (κ2) is 11.7. The first kappa shape index (κ1) is 29.3. The number of urea groups is 1. The molecule has 12 nitrogen and oxygen atoms in total. The molecule has 2 aromatic rings. The van der Waals surface area contributed by atoms with Crippen molar-refractivity contribution in [3.63, 3.8) is 0 Å². The second-order valence-corrected chi connectivity index (χ2v) is 11.1. The number of aromatic nitrogens is 2. The van der Waals surface area contributed by atoms with E-state index in [0.717, 1.165) is 11.8 Å². The fraction of sp³-hybridized carbons (Fsp3) is 0.481. The summed E-state index contributed by atoms with van der Waals surface area (Å²) < 4.78 is 6.60. The van der Waals surface area contributed by atoms with Crippen LogP contribution in [0.3, 0.4) is 0 Å². The summed E-state index contributed by atoms with van der Waals surface area (Å²) in [5.74, 6) is -0.0336. The van der Waals surface area contributed by atoms with Gasteiger partial charge in [0.15, 0.2) is 0 Å². The third-order valence-corrected chi connectivity index (χ3v) is 6.05. The molecule has 2 heterocycles. The van der Waals surface area contributed by atoms with Gasteiger partial charge in [-0.15, -0.1) is 0 Å². The fourth-order valence-electron chi connectivity index (χ4n) is 4.07. The van der Waals surface area contributed by atoms with Crippen molar-refractivity contribution < 1.29 is 23.9 Å². The summed E-state index contributed by atoms with van der Waals surface area (Å²) in [4.78, 5) is 68.5. The third-order valence-electron chi connectivity index (χ3n) is 6.05. The van der Waals surface area contributed by atoms with Crippen LogP contribution in [0, 0.1) is 6.92 Å². The Bertz CT molecular complexity index is 1300. The molecular formula is C27H36N6O6. The van der Waals surface area contributed by atoms with Gasteiger partial charge in [-0.25, -0.2) is 14.4 Å². The number of benzene rings is 1. The highest BCUT2D eigenvalue weighted by Gasteiger charge is 2.31. The fourth-order valence-corrected chi connectivity index (χ4v) is 4.07. The molecule has 0 radical (unpaired) electrons. The predicted octanol–water partition coefficient (Wildman–Crippen LogP) is 2.72. The second-order valence-electron chi connectivity index (χ2n) is 11.1. The summed E-state index contributed by atoms with van der Waals surface area (Å²) in [5.41, 5.74) is -0.216. The Kier molecular flexibility index (Phi) is 8.78. The molecule has 1 aliphatic rings. The molecule has 0 atom stereocenters. The Morgan fingerprint density at radius 2 is 1.67 bits per heavy atom. The lowest BCUT2D eigenvalue weighted by Crippen LogP contribution is -2.54. The number of carbonyl (C=O) groups excluding carboxylic acids is 4. The van der Waals surface area contributed by atoms with Crippen molar-refractivity contribution in [2.24, 2.45) is 0 Å². The minimum atomic E-state index is -0.810. The van der Waals surface area contributed by atoms with Crippen molar-refractivity contribution in [3.8, 4) is 5.69 Å². The summed E-state index contributed by atoms with van der Waals surface area (Å²) in [5, 5.41) is 5.37. The number of amides is 4. The highest BCUT2D eigenvalue weighted by atomic mass is 16.6. The van der Waals surface area contributed by atoms with Gasteiger partial charge < -0.3 is 19.9 Å². The number of ether oxygens (including phenoxy) is 1. The molecule has 1 aromatic heterocycles. The van der Waals surface area contributed by atoms with Crippen LogP contribution in [0.5, 0.6) is 0 Å². The zero-order valence-electron chi connectivity index (χ0n) is 23.2. The van der Waals surface area contributed by atoms with Gasteiger partial charge >= 0.3 is 17.8 Å². The number of aldehydes is 1. The SMILES string of the molecule is Cc1cc(-n2ccc(NC(=O)N3CCN(C(=O)CC(C)(C)NC(=O)OC(C)(C)C)CC3)nc2=O)ccc1C=O. The van der Waals surface area contributed by atoms with Gasteiger partial charge in [0.1, 0.15) is 17.7 Å². The summed E-state index contributed by atoms with van der Waals surface area (Å²) in [6.07, 6.45) is 1.74. The number of rotatable bonds is 6. The predicted molar refractivity (Wildman–Crippen MR) is 145 cm³/mol. The summed E-state index contributed by atoms with van der Waals surface area (Å²) >= 11 is 0. The van der Waals surface area contributed by atoms with Crippen LogP contribution in [0.15, 0.2) is 35.3 Å². The molecule has 2 N–H and O–H groups in total. The van der Waals surface area contributed by atoms with Crippen molar-refractivity contribution in [1.82, 2.24) is 24.7 Å². The van der Waals surface area contributed by atoms with Crippen LogP contribution in [-0.2, 0) is 9.53 Å². The molecule has 0 unspecified atom stereocenters. The van der Waals surface area contributed by atoms with Crippen LogP contribution in [0.1, 0.15) is 57.0 Å². The van der Waals surface area contributed by atoms with Crippen molar-refractivity contribution >= 4 is 30.1 Å². The van der Waals surface area contributed by atoms with Gasteiger partial charge in [-0.3, -0.25) is 19.5 Å². The van der Waals surface area contributed by atoms with Gasteiger partial charge in [-0.2, -0.15) is 4.98 Å². The molecule has 12 heteroatoms. The van der Waals surface area contributed by atoms with Gasteiger partial charge in [-0.05, 0) is 71.4 Å². The molecule has 0 aliphatic carbocycles. The first-order chi connectivity index (χ1) is 18.2. The maximum absolute atomic E-state index is 12.8. The molecule has 0 saturated carbocycles. The van der Waals surface area contributed by atoms with Crippen LogP contribution in [0.4, 0.5) is 15.4 Å². The van der Waals surface area contributed by atoms with Gasteiger partial charge in [0, 0.05) is 49.9 Å². The molecule has 39 heavy (non-hydrogen) atoms. The summed E-state index contributed by atoms with van der Waals surface area (Å²) in [6, 6.07) is 6.07. The number of alkyl carbamates (subject to hydrolysis) is 1. The van der Waals surface area contributed by atoms with Crippen molar-refractivity contribution in [1.29, 1.82) is 0 Å². The van der Waals surface area contributed by atoms with Crippen molar-refractivity contribution in [2.45, 2.75) is 59.1 Å². The monoisotopic (exact) mass is 540 g/mol. The number of nitrogens with zero attached hydrogens (tertiary/aromatic N) is 4. The maximum atomic E-state index is 12.8. The molecule has 3 rings (SSSR count). The van der Waals surface area contributed by atoms with E-state index in [1.807, 2.05) is 0 Å². The average Bonchev–Trinajstić information content (AvgIpc) is 2.82. The zero-order valence-corrected chi connectivity index (χ0v) is 23.2. The highest BCUT2D eigenvalue weighted by Crippen LogP contribution is 2.16. The molecule has 1 saturated heterocycles. The number of piperazine rings is 1. The van der Waals surface area contributed by atoms with E-state index in [1.54, 1.807) is 69.5 Å². The number of anilines is 1. The van der Waals surface area contributed by atoms with Crippen LogP contribution in [0.25, 0.3) is 5.69 Å². The van der Waals surface area contributed by atoms with Gasteiger partial charge in [0.25, 0.3) is 0 Å². The smallest absolute Gasteiger partial charge is 0.408 e. The molecule has 1 fully saturated rings. The molecule has 1 aromatic carbocycles. The number of aryl methyl sites for hydroxylation is 1. The Labute approximate surface area is 227 Å². The Morgan fingerprint density at radius 1 is 1.03 bits per heavy atom.